The largest absolute Gasteiger partial charge is 0.457 e. The van der Waals surface area contributed by atoms with Crippen LogP contribution in [0.15, 0.2) is 82.0 Å². The zero-order chi connectivity index (χ0) is 19.5. The fourth-order valence-corrected chi connectivity index (χ4v) is 3.13. The molecule has 0 aliphatic carbocycles. The summed E-state index contributed by atoms with van der Waals surface area (Å²) in [7, 11) is 0. The number of rotatable bonds is 5. The van der Waals surface area contributed by atoms with E-state index in [9.17, 15) is 4.79 Å². The van der Waals surface area contributed by atoms with Crippen molar-refractivity contribution in [3.8, 4) is 11.5 Å². The van der Waals surface area contributed by atoms with Crippen LogP contribution in [-0.4, -0.2) is 0 Å². The molecule has 4 nitrogen and oxygen atoms in total. The molecule has 0 spiro atoms. The van der Waals surface area contributed by atoms with Crippen LogP contribution in [0.1, 0.15) is 16.7 Å². The molecule has 4 heteroatoms. The molecule has 3 aromatic carbocycles. The predicted molar refractivity (Wildman–Crippen MR) is 112 cm³/mol. The zero-order valence-electron chi connectivity index (χ0n) is 15.9. The Labute approximate surface area is 163 Å². The number of hydrogen-bond donors (Lipinski definition) is 1. The molecule has 0 fully saturated rings. The highest BCUT2D eigenvalue weighted by Crippen LogP contribution is 2.25. The normalized spacial score (nSPS) is 10.8. The van der Waals surface area contributed by atoms with Gasteiger partial charge in [0.25, 0.3) is 0 Å². The van der Waals surface area contributed by atoms with Crippen molar-refractivity contribution in [2.24, 2.45) is 0 Å². The van der Waals surface area contributed by atoms with Crippen molar-refractivity contribution in [3.05, 3.63) is 99.9 Å². The monoisotopic (exact) mass is 371 g/mol. The first-order valence-electron chi connectivity index (χ1n) is 9.20. The smallest absolute Gasteiger partial charge is 0.336 e. The highest BCUT2D eigenvalue weighted by atomic mass is 16.5. The van der Waals surface area contributed by atoms with Gasteiger partial charge in [0.05, 0.1) is 0 Å². The van der Waals surface area contributed by atoms with Gasteiger partial charge in [-0.1, -0.05) is 30.3 Å². The molecule has 0 aliphatic heterocycles. The number of aryl methyl sites for hydroxylation is 2. The van der Waals surface area contributed by atoms with Crippen molar-refractivity contribution in [1.82, 2.24) is 0 Å². The number of hydrogen-bond acceptors (Lipinski definition) is 4. The van der Waals surface area contributed by atoms with E-state index in [2.05, 4.69) is 11.4 Å². The lowest BCUT2D eigenvalue weighted by atomic mass is 10.0. The van der Waals surface area contributed by atoms with Gasteiger partial charge in [0.2, 0.25) is 0 Å². The molecule has 0 bridgehead atoms. The van der Waals surface area contributed by atoms with E-state index in [1.807, 2.05) is 74.5 Å². The molecule has 4 rings (SSSR count). The van der Waals surface area contributed by atoms with Gasteiger partial charge in [-0.25, -0.2) is 4.79 Å². The summed E-state index contributed by atoms with van der Waals surface area (Å²) in [6.07, 6.45) is 0. The number of anilines is 1. The van der Waals surface area contributed by atoms with Crippen LogP contribution in [0.25, 0.3) is 11.0 Å². The molecule has 1 heterocycles. The third-order valence-electron chi connectivity index (χ3n) is 4.83. The Balaban J connectivity index is 1.52. The Hall–Kier alpha value is -3.53. The molecular formula is C24H21NO3. The van der Waals surface area contributed by atoms with E-state index in [1.54, 1.807) is 6.07 Å². The van der Waals surface area contributed by atoms with E-state index in [0.717, 1.165) is 39.3 Å². The van der Waals surface area contributed by atoms with E-state index in [0.29, 0.717) is 12.1 Å². The van der Waals surface area contributed by atoms with Crippen LogP contribution in [0.5, 0.6) is 11.5 Å². The second-order valence-electron chi connectivity index (χ2n) is 6.77. The van der Waals surface area contributed by atoms with E-state index in [-0.39, 0.29) is 5.63 Å². The van der Waals surface area contributed by atoms with Crippen LogP contribution in [-0.2, 0) is 6.54 Å². The molecule has 0 aliphatic rings. The van der Waals surface area contributed by atoms with Crippen LogP contribution in [0.2, 0.25) is 0 Å². The molecule has 0 atom stereocenters. The summed E-state index contributed by atoms with van der Waals surface area (Å²) in [5.74, 6) is 1.57. The molecule has 4 aromatic rings. The first-order valence-corrected chi connectivity index (χ1v) is 9.20. The number of benzene rings is 3. The fraction of sp³-hybridized carbons (Fsp3) is 0.125. The Morgan fingerprint density at radius 1 is 0.893 bits per heavy atom. The van der Waals surface area contributed by atoms with Crippen molar-refractivity contribution in [2.45, 2.75) is 20.4 Å². The van der Waals surface area contributed by atoms with Gasteiger partial charge in [0.15, 0.2) is 0 Å². The molecule has 0 saturated carbocycles. The maximum atomic E-state index is 12.0. The van der Waals surface area contributed by atoms with Crippen LogP contribution < -0.4 is 15.7 Å². The molecule has 0 radical (unpaired) electrons. The van der Waals surface area contributed by atoms with Gasteiger partial charge in [-0.05, 0) is 66.9 Å². The van der Waals surface area contributed by atoms with Crippen molar-refractivity contribution in [2.75, 3.05) is 5.32 Å². The maximum Gasteiger partial charge on any atom is 0.336 e. The first kappa shape index (κ1) is 17.9. The molecule has 0 unspecified atom stereocenters. The lowest BCUT2D eigenvalue weighted by molar-refractivity contribution is 0.483. The predicted octanol–water partition coefficient (Wildman–Crippen LogP) is 5.81. The van der Waals surface area contributed by atoms with Crippen LogP contribution in [0.3, 0.4) is 0 Å². The van der Waals surface area contributed by atoms with Gasteiger partial charge in [0.1, 0.15) is 17.1 Å². The Morgan fingerprint density at radius 3 is 2.36 bits per heavy atom. The Kier molecular flexibility index (Phi) is 4.85. The minimum absolute atomic E-state index is 0.329. The van der Waals surface area contributed by atoms with E-state index in [4.69, 9.17) is 9.15 Å². The minimum Gasteiger partial charge on any atom is -0.457 e. The molecule has 0 saturated heterocycles. The van der Waals surface area contributed by atoms with Crippen LogP contribution in [0.4, 0.5) is 5.69 Å². The van der Waals surface area contributed by atoms with Gasteiger partial charge in [-0.2, -0.15) is 0 Å². The van der Waals surface area contributed by atoms with Crippen molar-refractivity contribution in [3.63, 3.8) is 0 Å². The van der Waals surface area contributed by atoms with Crippen LogP contribution in [0, 0.1) is 13.8 Å². The van der Waals surface area contributed by atoms with Gasteiger partial charge >= 0.3 is 5.63 Å². The lowest BCUT2D eigenvalue weighted by Crippen LogP contribution is -2.06. The first-order chi connectivity index (χ1) is 13.6. The molecule has 1 aromatic heterocycles. The zero-order valence-corrected chi connectivity index (χ0v) is 15.9. The maximum absolute atomic E-state index is 12.0. The Bertz CT molecular complexity index is 1160. The molecule has 1 N–H and O–H groups in total. The van der Waals surface area contributed by atoms with Crippen molar-refractivity contribution < 1.29 is 9.15 Å². The average Bonchev–Trinajstić information content (AvgIpc) is 2.71. The Morgan fingerprint density at radius 2 is 1.61 bits per heavy atom. The summed E-state index contributed by atoms with van der Waals surface area (Å²) in [6.45, 7) is 4.52. The van der Waals surface area contributed by atoms with Crippen molar-refractivity contribution in [1.29, 1.82) is 0 Å². The van der Waals surface area contributed by atoms with Crippen LogP contribution >= 0.6 is 0 Å². The number of ether oxygens (including phenoxy) is 1. The van der Waals surface area contributed by atoms with E-state index in [1.165, 1.54) is 0 Å². The van der Waals surface area contributed by atoms with Crippen molar-refractivity contribution >= 4 is 16.7 Å². The lowest BCUT2D eigenvalue weighted by Gasteiger charge is -2.11. The number of fused-ring (bicyclic) bond motifs is 1. The second kappa shape index (κ2) is 7.61. The molecule has 140 valence electrons. The minimum atomic E-state index is -0.329. The average molecular weight is 371 g/mol. The SMILES string of the molecule is Cc1ccc2c(CNc3ccc(Oc4ccccc4)cc3)cc(=O)oc2c1C. The summed E-state index contributed by atoms with van der Waals surface area (Å²) in [4.78, 5) is 12.0. The summed E-state index contributed by atoms with van der Waals surface area (Å²) in [5.41, 5.74) is 4.30. The second-order valence-corrected chi connectivity index (χ2v) is 6.77. The molecule has 0 amide bonds. The third-order valence-corrected chi connectivity index (χ3v) is 4.83. The number of para-hydroxylation sites is 1. The number of nitrogens with one attached hydrogen (secondary N) is 1. The summed E-state index contributed by atoms with van der Waals surface area (Å²) in [6, 6.07) is 23.0. The topological polar surface area (TPSA) is 51.5 Å². The van der Waals surface area contributed by atoms with E-state index < -0.39 is 0 Å². The third kappa shape index (κ3) is 3.76. The fourth-order valence-electron chi connectivity index (χ4n) is 3.13. The highest BCUT2D eigenvalue weighted by Gasteiger charge is 2.09. The van der Waals surface area contributed by atoms with Gasteiger partial charge in [-0.3, -0.25) is 0 Å². The van der Waals surface area contributed by atoms with Gasteiger partial charge in [-0.15, -0.1) is 0 Å². The quantitative estimate of drug-likeness (QED) is 0.450. The standard InChI is InChI=1S/C24H21NO3/c1-16-8-13-22-18(14-23(26)28-24(22)17(16)2)15-25-19-9-11-21(12-10-19)27-20-6-4-3-5-7-20/h3-14,25H,15H2,1-2H3. The molecular weight excluding hydrogens is 350 g/mol. The van der Waals surface area contributed by atoms with Gasteiger partial charge in [0, 0.05) is 23.7 Å². The van der Waals surface area contributed by atoms with Gasteiger partial charge < -0.3 is 14.5 Å². The summed E-state index contributed by atoms with van der Waals surface area (Å²) >= 11 is 0. The summed E-state index contributed by atoms with van der Waals surface area (Å²) < 4.78 is 11.3. The summed E-state index contributed by atoms with van der Waals surface area (Å²) in [5, 5.41) is 4.33. The van der Waals surface area contributed by atoms with E-state index >= 15 is 0 Å². The highest BCUT2D eigenvalue weighted by molar-refractivity contribution is 5.84. The molecule has 28 heavy (non-hydrogen) atoms.